The van der Waals surface area contributed by atoms with Crippen molar-refractivity contribution in [3.63, 3.8) is 0 Å². The maximum atomic E-state index is 12.1. The molecule has 0 saturated carbocycles. The normalized spacial score (nSPS) is 12.0. The molecule has 0 spiro atoms. The Morgan fingerprint density at radius 1 is 0.926 bits per heavy atom. The van der Waals surface area contributed by atoms with Gasteiger partial charge < -0.3 is 15.4 Å². The van der Waals surface area contributed by atoms with Gasteiger partial charge in [0.2, 0.25) is 0 Å². The topological polar surface area (TPSA) is 79.5 Å². The molecule has 0 heterocycles. The van der Waals surface area contributed by atoms with Crippen molar-refractivity contribution in [3.8, 4) is 0 Å². The molecule has 0 fully saturated rings. The molecule has 144 valence electrons. The van der Waals surface area contributed by atoms with Gasteiger partial charge >= 0.3 is 12.1 Å². The first-order valence-electron chi connectivity index (χ1n) is 8.55. The second kappa shape index (κ2) is 8.77. The minimum Gasteiger partial charge on any atom is -0.444 e. The fourth-order valence-electron chi connectivity index (χ4n) is 2.26. The molecule has 6 nitrogen and oxygen atoms in total. The molecule has 0 aromatic heterocycles. The van der Waals surface area contributed by atoms with E-state index in [0.29, 0.717) is 16.4 Å². The quantitative estimate of drug-likeness (QED) is 0.639. The van der Waals surface area contributed by atoms with Gasteiger partial charge in [-0.05, 0) is 69.7 Å². The Bertz CT molecular complexity index is 784. The minimum atomic E-state index is -0.565. The predicted molar refractivity (Wildman–Crippen MR) is 108 cm³/mol. The Morgan fingerprint density at radius 2 is 1.44 bits per heavy atom. The summed E-state index contributed by atoms with van der Waals surface area (Å²) < 4.78 is 5.19. The van der Waals surface area contributed by atoms with Crippen LogP contribution in [-0.4, -0.2) is 17.7 Å². The third-order valence-electron chi connectivity index (χ3n) is 3.51. The van der Waals surface area contributed by atoms with Crippen LogP contribution in [0.5, 0.6) is 0 Å². The van der Waals surface area contributed by atoms with Crippen LogP contribution in [0.2, 0.25) is 5.02 Å². The van der Waals surface area contributed by atoms with Crippen LogP contribution in [0.25, 0.3) is 0 Å². The maximum absolute atomic E-state index is 12.1. The standard InChI is InChI=1S/C20H24ClN3O3/c1-13(14-5-7-15(21)8-6-14)22-18(25)23-16-9-11-17(12-10-16)24-19(26)27-20(2,3)4/h5-13H,1-4H3,(H,24,26)(H2,22,23,25). The number of hydrogen-bond donors (Lipinski definition) is 3. The van der Waals surface area contributed by atoms with Crippen LogP contribution >= 0.6 is 11.6 Å². The largest absolute Gasteiger partial charge is 0.444 e. The lowest BCUT2D eigenvalue weighted by molar-refractivity contribution is 0.0636. The lowest BCUT2D eigenvalue weighted by Crippen LogP contribution is -2.31. The van der Waals surface area contributed by atoms with Crippen molar-refractivity contribution in [2.75, 3.05) is 10.6 Å². The van der Waals surface area contributed by atoms with Crippen LogP contribution in [0.3, 0.4) is 0 Å². The summed E-state index contributed by atoms with van der Waals surface area (Å²) in [5, 5.41) is 8.89. The first-order chi connectivity index (χ1) is 12.6. The first-order valence-corrected chi connectivity index (χ1v) is 8.93. The monoisotopic (exact) mass is 389 g/mol. The van der Waals surface area contributed by atoms with E-state index in [9.17, 15) is 9.59 Å². The van der Waals surface area contributed by atoms with E-state index in [4.69, 9.17) is 16.3 Å². The highest BCUT2D eigenvalue weighted by atomic mass is 35.5. The highest BCUT2D eigenvalue weighted by Gasteiger charge is 2.16. The van der Waals surface area contributed by atoms with Crippen LogP contribution in [-0.2, 0) is 4.74 Å². The van der Waals surface area contributed by atoms with E-state index in [1.54, 1.807) is 57.2 Å². The fraction of sp³-hybridized carbons (Fsp3) is 0.300. The summed E-state index contributed by atoms with van der Waals surface area (Å²) in [4.78, 5) is 23.9. The summed E-state index contributed by atoms with van der Waals surface area (Å²) in [7, 11) is 0. The lowest BCUT2D eigenvalue weighted by atomic mass is 10.1. The van der Waals surface area contributed by atoms with Crippen LogP contribution in [0.15, 0.2) is 48.5 Å². The molecule has 27 heavy (non-hydrogen) atoms. The number of carbonyl (C=O) groups excluding carboxylic acids is 2. The Morgan fingerprint density at radius 3 is 1.96 bits per heavy atom. The maximum Gasteiger partial charge on any atom is 0.412 e. The summed E-state index contributed by atoms with van der Waals surface area (Å²) in [6, 6.07) is 13.5. The second-order valence-electron chi connectivity index (χ2n) is 7.08. The van der Waals surface area contributed by atoms with Crippen molar-refractivity contribution in [2.45, 2.75) is 39.3 Å². The van der Waals surface area contributed by atoms with Gasteiger partial charge in [0.25, 0.3) is 0 Å². The Balaban J connectivity index is 1.87. The number of ether oxygens (including phenoxy) is 1. The molecule has 0 radical (unpaired) electrons. The molecule has 7 heteroatoms. The number of carbonyl (C=O) groups is 2. The number of benzene rings is 2. The zero-order valence-electron chi connectivity index (χ0n) is 15.8. The highest BCUT2D eigenvalue weighted by molar-refractivity contribution is 6.30. The van der Waals surface area contributed by atoms with Gasteiger partial charge in [-0.2, -0.15) is 0 Å². The molecule has 1 atom stereocenters. The number of rotatable bonds is 4. The highest BCUT2D eigenvalue weighted by Crippen LogP contribution is 2.18. The van der Waals surface area contributed by atoms with Gasteiger partial charge in [0.15, 0.2) is 0 Å². The van der Waals surface area contributed by atoms with Gasteiger partial charge in [-0.1, -0.05) is 23.7 Å². The van der Waals surface area contributed by atoms with Crippen LogP contribution < -0.4 is 16.0 Å². The van der Waals surface area contributed by atoms with Crippen molar-refractivity contribution in [1.82, 2.24) is 5.32 Å². The van der Waals surface area contributed by atoms with Crippen molar-refractivity contribution in [3.05, 3.63) is 59.1 Å². The third-order valence-corrected chi connectivity index (χ3v) is 3.76. The third kappa shape index (κ3) is 7.19. The molecule has 0 bridgehead atoms. The summed E-state index contributed by atoms with van der Waals surface area (Å²) in [5.41, 5.74) is 1.56. The molecule has 2 rings (SSSR count). The number of urea groups is 1. The molecule has 3 amide bonds. The number of nitrogens with one attached hydrogen (secondary N) is 3. The molecule has 0 saturated heterocycles. The summed E-state index contributed by atoms with van der Waals surface area (Å²) in [5.74, 6) is 0. The van der Waals surface area contributed by atoms with Gasteiger partial charge in [-0.25, -0.2) is 9.59 Å². The molecule has 1 unspecified atom stereocenters. The Hall–Kier alpha value is -2.73. The second-order valence-corrected chi connectivity index (χ2v) is 7.51. The number of anilines is 2. The van der Waals surface area contributed by atoms with Crippen molar-refractivity contribution < 1.29 is 14.3 Å². The number of halogens is 1. The summed E-state index contributed by atoms with van der Waals surface area (Å²) in [6.45, 7) is 7.27. The molecule has 3 N–H and O–H groups in total. The van der Waals surface area contributed by atoms with E-state index in [2.05, 4.69) is 16.0 Å². The van der Waals surface area contributed by atoms with E-state index < -0.39 is 11.7 Å². The SMILES string of the molecule is CC(NC(=O)Nc1ccc(NC(=O)OC(C)(C)C)cc1)c1ccc(Cl)cc1. The zero-order chi connectivity index (χ0) is 20.0. The van der Waals surface area contributed by atoms with Gasteiger partial charge in [-0.3, -0.25) is 5.32 Å². The van der Waals surface area contributed by atoms with Gasteiger partial charge in [0.05, 0.1) is 6.04 Å². The summed E-state index contributed by atoms with van der Waals surface area (Å²) in [6.07, 6.45) is -0.530. The average Bonchev–Trinajstić information content (AvgIpc) is 2.55. The zero-order valence-corrected chi connectivity index (χ0v) is 16.6. The molecule has 0 aliphatic rings. The molecule has 2 aromatic carbocycles. The molecular formula is C20H24ClN3O3. The van der Waals surface area contributed by atoms with E-state index in [1.165, 1.54) is 0 Å². The number of hydrogen-bond acceptors (Lipinski definition) is 3. The van der Waals surface area contributed by atoms with Crippen LogP contribution in [0, 0.1) is 0 Å². The fourth-order valence-corrected chi connectivity index (χ4v) is 2.38. The Kier molecular flexibility index (Phi) is 6.69. The van der Waals surface area contributed by atoms with E-state index in [-0.39, 0.29) is 12.1 Å². The van der Waals surface area contributed by atoms with E-state index >= 15 is 0 Å². The molecule has 0 aliphatic heterocycles. The van der Waals surface area contributed by atoms with Gasteiger partial charge in [0.1, 0.15) is 5.60 Å². The van der Waals surface area contributed by atoms with Crippen molar-refractivity contribution in [2.24, 2.45) is 0 Å². The van der Waals surface area contributed by atoms with Crippen molar-refractivity contribution in [1.29, 1.82) is 0 Å². The lowest BCUT2D eigenvalue weighted by Gasteiger charge is -2.19. The first kappa shape index (κ1) is 20.6. The van der Waals surface area contributed by atoms with Gasteiger partial charge in [-0.15, -0.1) is 0 Å². The van der Waals surface area contributed by atoms with Crippen LogP contribution in [0.4, 0.5) is 21.0 Å². The smallest absolute Gasteiger partial charge is 0.412 e. The van der Waals surface area contributed by atoms with E-state index in [0.717, 1.165) is 5.56 Å². The summed E-state index contributed by atoms with van der Waals surface area (Å²) >= 11 is 5.87. The van der Waals surface area contributed by atoms with Crippen LogP contribution in [0.1, 0.15) is 39.3 Å². The van der Waals surface area contributed by atoms with E-state index in [1.807, 2.05) is 19.1 Å². The Labute approximate surface area is 164 Å². The molecule has 2 aromatic rings. The minimum absolute atomic E-state index is 0.171. The molecule has 0 aliphatic carbocycles. The molecular weight excluding hydrogens is 366 g/mol. The van der Waals surface area contributed by atoms with Gasteiger partial charge in [0, 0.05) is 16.4 Å². The average molecular weight is 390 g/mol. The predicted octanol–water partition coefficient (Wildman–Crippen LogP) is 5.57. The van der Waals surface area contributed by atoms with Crippen molar-refractivity contribution >= 4 is 35.1 Å². The number of amides is 3.